The number of hydrogen-bond acceptors (Lipinski definition) is 6. The second-order valence-electron chi connectivity index (χ2n) is 8.51. The molecule has 0 radical (unpaired) electrons. The molecule has 2 fully saturated rings. The molecule has 2 aromatic rings. The summed E-state index contributed by atoms with van der Waals surface area (Å²) in [5, 5.41) is 18.0. The van der Waals surface area contributed by atoms with Crippen molar-refractivity contribution in [3.63, 3.8) is 0 Å². The van der Waals surface area contributed by atoms with Crippen molar-refractivity contribution in [1.82, 2.24) is 10.2 Å². The molecule has 32 heavy (non-hydrogen) atoms. The summed E-state index contributed by atoms with van der Waals surface area (Å²) in [7, 11) is 5.53. The number of methoxy groups -OCH3 is 2. The highest BCUT2D eigenvalue weighted by atomic mass is 32.1. The molecule has 3 N–H and O–H groups in total. The summed E-state index contributed by atoms with van der Waals surface area (Å²) >= 11 is 6.69. The van der Waals surface area contributed by atoms with E-state index in [9.17, 15) is 9.90 Å². The van der Waals surface area contributed by atoms with E-state index in [1.165, 1.54) is 16.9 Å². The predicted molar refractivity (Wildman–Crippen MR) is 131 cm³/mol. The molecule has 0 amide bonds. The Morgan fingerprint density at radius 3 is 2.75 bits per heavy atom. The van der Waals surface area contributed by atoms with Crippen LogP contribution in [0.2, 0.25) is 0 Å². The summed E-state index contributed by atoms with van der Waals surface area (Å²) in [6.45, 7) is 1.05. The van der Waals surface area contributed by atoms with Crippen LogP contribution in [0, 0.1) is 0 Å². The quantitative estimate of drug-likeness (QED) is 0.542. The van der Waals surface area contributed by atoms with Crippen LogP contribution in [0.1, 0.15) is 40.9 Å². The van der Waals surface area contributed by atoms with Gasteiger partial charge in [0.2, 0.25) is 0 Å². The molecule has 0 spiro atoms. The minimum atomic E-state index is -0.949. The van der Waals surface area contributed by atoms with Gasteiger partial charge in [-0.2, -0.15) is 0 Å². The van der Waals surface area contributed by atoms with Gasteiger partial charge in [-0.05, 0) is 80.6 Å². The number of carboxylic acid groups (broad SMARTS) is 1. The Morgan fingerprint density at radius 1 is 1.25 bits per heavy atom. The molecule has 2 heterocycles. The Balaban J connectivity index is 1.48. The maximum Gasteiger partial charge on any atom is 0.348 e. The number of thiophene rings is 1. The van der Waals surface area contributed by atoms with Crippen molar-refractivity contribution in [3.05, 3.63) is 40.1 Å². The van der Waals surface area contributed by atoms with E-state index < -0.39 is 5.97 Å². The van der Waals surface area contributed by atoms with Crippen LogP contribution in [0.5, 0.6) is 11.5 Å². The number of likely N-dealkylation sites (N-methyl/N-ethyl adjacent to an activating group) is 1. The lowest BCUT2D eigenvalue weighted by Crippen LogP contribution is -2.52. The average Bonchev–Trinajstić information content (AvgIpc) is 3.38. The van der Waals surface area contributed by atoms with Crippen molar-refractivity contribution in [2.75, 3.05) is 33.1 Å². The van der Waals surface area contributed by atoms with Gasteiger partial charge in [-0.1, -0.05) is 6.07 Å². The highest BCUT2D eigenvalue weighted by Crippen LogP contribution is 2.49. The van der Waals surface area contributed by atoms with E-state index >= 15 is 0 Å². The fourth-order valence-corrected chi connectivity index (χ4v) is 6.28. The van der Waals surface area contributed by atoms with E-state index in [1.54, 1.807) is 25.7 Å². The summed E-state index contributed by atoms with van der Waals surface area (Å²) in [6.07, 6.45) is 4.09. The normalized spacial score (nSPS) is 25.1. The number of carbonyl (C=O) groups is 1. The molecular weight excluding hydrogens is 446 g/mol. The molecule has 3 unspecified atom stereocenters. The SMILES string of the molecule is COc1ccc(C23CCC(NC(=S)Nc4ccsc4C(=O)O)CC2N(C)CC3)cc1OC. The van der Waals surface area contributed by atoms with Crippen LogP contribution in [0.25, 0.3) is 0 Å². The number of nitrogens with zero attached hydrogens (tertiary/aromatic N) is 1. The van der Waals surface area contributed by atoms with Gasteiger partial charge >= 0.3 is 5.97 Å². The first-order valence-electron chi connectivity index (χ1n) is 10.7. The first-order valence-corrected chi connectivity index (χ1v) is 12.0. The smallest absolute Gasteiger partial charge is 0.348 e. The number of nitrogens with one attached hydrogen (secondary N) is 2. The van der Waals surface area contributed by atoms with E-state index in [2.05, 4.69) is 34.7 Å². The number of benzene rings is 1. The van der Waals surface area contributed by atoms with E-state index in [-0.39, 0.29) is 16.3 Å². The van der Waals surface area contributed by atoms with Crippen molar-refractivity contribution in [3.8, 4) is 11.5 Å². The number of rotatable bonds is 6. The van der Waals surface area contributed by atoms with Crippen LogP contribution in [0.4, 0.5) is 5.69 Å². The van der Waals surface area contributed by atoms with Crippen LogP contribution < -0.4 is 20.1 Å². The fourth-order valence-electron chi connectivity index (χ4n) is 5.31. The Hall–Kier alpha value is -2.36. The summed E-state index contributed by atoms with van der Waals surface area (Å²) in [5.74, 6) is 0.565. The van der Waals surface area contributed by atoms with Gasteiger partial charge in [0.1, 0.15) is 4.88 Å². The summed E-state index contributed by atoms with van der Waals surface area (Å²) in [5.41, 5.74) is 1.91. The van der Waals surface area contributed by atoms with Gasteiger partial charge in [-0.3, -0.25) is 0 Å². The first-order chi connectivity index (χ1) is 15.4. The number of hydrogen-bond donors (Lipinski definition) is 3. The number of aromatic carboxylic acids is 1. The number of likely N-dealkylation sites (tertiary alicyclic amines) is 1. The zero-order valence-electron chi connectivity index (χ0n) is 18.5. The molecule has 0 bridgehead atoms. The van der Waals surface area contributed by atoms with Gasteiger partial charge in [0.15, 0.2) is 16.6 Å². The lowest BCUT2D eigenvalue weighted by Gasteiger charge is -2.45. The van der Waals surface area contributed by atoms with Crippen LogP contribution in [-0.2, 0) is 5.41 Å². The molecule has 9 heteroatoms. The largest absolute Gasteiger partial charge is 0.493 e. The molecule has 1 saturated heterocycles. The Labute approximate surface area is 197 Å². The molecule has 1 aromatic heterocycles. The third-order valence-corrected chi connectivity index (χ3v) is 8.05. The highest BCUT2D eigenvalue weighted by molar-refractivity contribution is 7.80. The summed E-state index contributed by atoms with van der Waals surface area (Å²) in [4.78, 5) is 14.1. The highest BCUT2D eigenvalue weighted by Gasteiger charge is 2.50. The van der Waals surface area contributed by atoms with Crippen LogP contribution in [0.15, 0.2) is 29.6 Å². The molecule has 1 aliphatic carbocycles. The monoisotopic (exact) mass is 475 g/mol. The molecule has 1 aliphatic heterocycles. The molecule has 1 saturated carbocycles. The Bertz CT molecular complexity index is 1010. The minimum absolute atomic E-state index is 0.0748. The standard InChI is InChI=1S/C23H29N3O4S2/c1-26-10-9-23(14-4-5-17(29-2)18(12-14)30-3)8-6-15(13-19(23)26)24-22(31)25-16-7-11-32-20(16)21(27)28/h4-5,7,11-12,15,19H,6,8-10,13H2,1-3H3,(H,27,28)(H2,24,25,31). The third-order valence-electron chi connectivity index (χ3n) is 6.93. The summed E-state index contributed by atoms with van der Waals surface area (Å²) in [6, 6.07) is 8.66. The van der Waals surface area contributed by atoms with Crippen LogP contribution >= 0.6 is 23.6 Å². The fraction of sp³-hybridized carbons (Fsp3) is 0.478. The number of fused-ring (bicyclic) bond motifs is 1. The topological polar surface area (TPSA) is 83.1 Å². The lowest BCUT2D eigenvalue weighted by atomic mass is 9.65. The molecule has 7 nitrogen and oxygen atoms in total. The van der Waals surface area contributed by atoms with Crippen molar-refractivity contribution in [2.45, 2.75) is 43.2 Å². The lowest BCUT2D eigenvalue weighted by molar-refractivity contribution is 0.0703. The maximum absolute atomic E-state index is 11.4. The van der Waals surface area contributed by atoms with Crippen LogP contribution in [0.3, 0.4) is 0 Å². The first kappa shape index (κ1) is 22.8. The maximum atomic E-state index is 11.4. The number of anilines is 1. The third kappa shape index (κ3) is 4.16. The van der Waals surface area contributed by atoms with E-state index in [1.807, 2.05) is 6.07 Å². The van der Waals surface area contributed by atoms with Gasteiger partial charge in [0, 0.05) is 17.5 Å². The van der Waals surface area contributed by atoms with E-state index in [0.717, 1.165) is 43.7 Å². The van der Waals surface area contributed by atoms with Gasteiger partial charge in [-0.25, -0.2) is 4.79 Å². The van der Waals surface area contributed by atoms with Crippen LogP contribution in [-0.4, -0.2) is 61.0 Å². The Kier molecular flexibility index (Phi) is 6.60. The second-order valence-corrected chi connectivity index (χ2v) is 9.83. The number of ether oxygens (including phenoxy) is 2. The number of carboxylic acids is 1. The summed E-state index contributed by atoms with van der Waals surface area (Å²) < 4.78 is 11.0. The van der Waals surface area contributed by atoms with Gasteiger partial charge in [-0.15, -0.1) is 11.3 Å². The van der Waals surface area contributed by atoms with Crippen molar-refractivity contribution in [2.24, 2.45) is 0 Å². The molecule has 4 rings (SSSR count). The molecule has 172 valence electrons. The minimum Gasteiger partial charge on any atom is -0.493 e. The molecule has 2 aliphatic rings. The van der Waals surface area contributed by atoms with E-state index in [0.29, 0.717) is 16.8 Å². The van der Waals surface area contributed by atoms with Crippen molar-refractivity contribution >= 4 is 40.3 Å². The van der Waals surface area contributed by atoms with Crippen molar-refractivity contribution in [1.29, 1.82) is 0 Å². The van der Waals surface area contributed by atoms with E-state index in [4.69, 9.17) is 21.7 Å². The Morgan fingerprint density at radius 2 is 2.03 bits per heavy atom. The zero-order valence-corrected chi connectivity index (χ0v) is 20.1. The number of thiocarbonyl (C=S) groups is 1. The van der Waals surface area contributed by atoms with Gasteiger partial charge in [0.25, 0.3) is 0 Å². The average molecular weight is 476 g/mol. The van der Waals surface area contributed by atoms with Gasteiger partial charge in [0.05, 0.1) is 19.9 Å². The van der Waals surface area contributed by atoms with Crippen molar-refractivity contribution < 1.29 is 19.4 Å². The van der Waals surface area contributed by atoms with Gasteiger partial charge < -0.3 is 30.1 Å². The molecule has 3 atom stereocenters. The predicted octanol–water partition coefficient (Wildman–Crippen LogP) is 3.94. The zero-order chi connectivity index (χ0) is 22.9. The molecule has 1 aromatic carbocycles. The second kappa shape index (κ2) is 9.25. The molecular formula is C23H29N3O4S2.